The van der Waals surface area contributed by atoms with Crippen molar-refractivity contribution in [3.8, 4) is 11.3 Å². The maximum Gasteiger partial charge on any atom is 0.254 e. The molecule has 2 aromatic heterocycles. The van der Waals surface area contributed by atoms with Crippen LogP contribution in [0.25, 0.3) is 22.3 Å². The number of benzene rings is 2. The van der Waals surface area contributed by atoms with Crippen molar-refractivity contribution in [2.45, 2.75) is 13.0 Å². The summed E-state index contributed by atoms with van der Waals surface area (Å²) in [6, 6.07) is 15.5. The molecule has 6 nitrogen and oxygen atoms in total. The van der Waals surface area contributed by atoms with Crippen LogP contribution in [0.3, 0.4) is 0 Å². The van der Waals surface area contributed by atoms with Crippen LogP contribution < -0.4 is 0 Å². The molecular formula is C21H17N5O. The van der Waals surface area contributed by atoms with Gasteiger partial charge in [0.1, 0.15) is 0 Å². The molecule has 0 saturated carbocycles. The zero-order chi connectivity index (χ0) is 18.2. The monoisotopic (exact) mass is 355 g/mol. The van der Waals surface area contributed by atoms with E-state index in [1.807, 2.05) is 53.4 Å². The predicted octanol–water partition coefficient (Wildman–Crippen LogP) is 3.22. The summed E-state index contributed by atoms with van der Waals surface area (Å²) >= 11 is 0. The molecule has 27 heavy (non-hydrogen) atoms. The Bertz CT molecular complexity index is 1140. The summed E-state index contributed by atoms with van der Waals surface area (Å²) in [6.45, 7) is 1.22. The van der Waals surface area contributed by atoms with Gasteiger partial charge in [-0.25, -0.2) is 0 Å². The molecule has 0 radical (unpaired) electrons. The van der Waals surface area contributed by atoms with Gasteiger partial charge in [0, 0.05) is 54.3 Å². The summed E-state index contributed by atoms with van der Waals surface area (Å²) in [5.41, 5.74) is 6.35. The topological polar surface area (TPSA) is 74.8 Å². The minimum atomic E-state index is 0.00779. The summed E-state index contributed by atoms with van der Waals surface area (Å²) in [5, 5.41) is 7.64. The zero-order valence-corrected chi connectivity index (χ0v) is 14.6. The van der Waals surface area contributed by atoms with Gasteiger partial charge < -0.3 is 4.90 Å². The van der Waals surface area contributed by atoms with Crippen molar-refractivity contribution in [1.82, 2.24) is 25.1 Å². The van der Waals surface area contributed by atoms with Crippen molar-refractivity contribution < 1.29 is 4.79 Å². The zero-order valence-electron chi connectivity index (χ0n) is 14.6. The average Bonchev–Trinajstić information content (AvgIpc) is 3.17. The molecule has 6 heteroatoms. The van der Waals surface area contributed by atoms with Crippen LogP contribution in [-0.2, 0) is 13.0 Å². The summed E-state index contributed by atoms with van der Waals surface area (Å²) in [5.74, 6) is 0.00779. The van der Waals surface area contributed by atoms with Crippen molar-refractivity contribution in [1.29, 1.82) is 0 Å². The predicted molar refractivity (Wildman–Crippen MR) is 102 cm³/mol. The van der Waals surface area contributed by atoms with E-state index >= 15 is 0 Å². The van der Waals surface area contributed by atoms with Crippen molar-refractivity contribution in [3.63, 3.8) is 0 Å². The van der Waals surface area contributed by atoms with Crippen molar-refractivity contribution in [3.05, 3.63) is 77.7 Å². The standard InChI is InChI=1S/C21H17N5O/c27-21(15-6-7-18-19(12-15)23-10-9-22-18)26-11-8-17-16(13-26)20(25-24-17)14-4-2-1-3-5-14/h1-7,9-10,12H,8,11,13H2,(H,24,25). The second kappa shape index (κ2) is 6.32. The van der Waals surface area contributed by atoms with Crippen LogP contribution in [0, 0.1) is 0 Å². The van der Waals surface area contributed by atoms with Gasteiger partial charge in [-0.3, -0.25) is 19.9 Å². The Labute approximate surface area is 155 Å². The Morgan fingerprint density at radius 2 is 1.81 bits per heavy atom. The maximum absolute atomic E-state index is 13.1. The summed E-state index contributed by atoms with van der Waals surface area (Å²) < 4.78 is 0. The Kier molecular flexibility index (Phi) is 3.67. The minimum Gasteiger partial charge on any atom is -0.334 e. The molecule has 0 bridgehead atoms. The number of aromatic amines is 1. The first-order valence-electron chi connectivity index (χ1n) is 8.91. The van der Waals surface area contributed by atoms with Crippen molar-refractivity contribution in [2.75, 3.05) is 6.54 Å². The van der Waals surface area contributed by atoms with E-state index in [1.54, 1.807) is 12.4 Å². The molecule has 5 rings (SSSR count). The van der Waals surface area contributed by atoms with E-state index in [9.17, 15) is 4.79 Å². The number of hydrogen-bond donors (Lipinski definition) is 1. The van der Waals surface area contributed by atoms with E-state index in [1.165, 1.54) is 0 Å². The van der Waals surface area contributed by atoms with Crippen molar-refractivity contribution >= 4 is 16.9 Å². The molecule has 0 spiro atoms. The van der Waals surface area contributed by atoms with E-state index in [0.29, 0.717) is 18.7 Å². The average molecular weight is 355 g/mol. The van der Waals surface area contributed by atoms with Gasteiger partial charge in [0.25, 0.3) is 5.91 Å². The van der Waals surface area contributed by atoms with Crippen LogP contribution in [0.15, 0.2) is 60.9 Å². The molecule has 1 amide bonds. The minimum absolute atomic E-state index is 0.00779. The molecule has 1 N–H and O–H groups in total. The smallest absolute Gasteiger partial charge is 0.254 e. The number of nitrogens with zero attached hydrogens (tertiary/aromatic N) is 4. The fraction of sp³-hybridized carbons (Fsp3) is 0.143. The van der Waals surface area contributed by atoms with Gasteiger partial charge in [0.2, 0.25) is 0 Å². The first-order valence-corrected chi connectivity index (χ1v) is 8.91. The van der Waals surface area contributed by atoms with Crippen LogP contribution in [0.2, 0.25) is 0 Å². The van der Waals surface area contributed by atoms with Crippen LogP contribution in [0.5, 0.6) is 0 Å². The fourth-order valence-corrected chi connectivity index (χ4v) is 3.58. The molecule has 0 saturated heterocycles. The number of carbonyl (C=O) groups is 1. The molecular weight excluding hydrogens is 338 g/mol. The Morgan fingerprint density at radius 3 is 2.67 bits per heavy atom. The summed E-state index contributed by atoms with van der Waals surface area (Å²) in [6.07, 6.45) is 4.07. The quantitative estimate of drug-likeness (QED) is 0.599. The van der Waals surface area contributed by atoms with Gasteiger partial charge in [-0.1, -0.05) is 30.3 Å². The fourth-order valence-electron chi connectivity index (χ4n) is 3.58. The first-order chi connectivity index (χ1) is 13.3. The highest BCUT2D eigenvalue weighted by Crippen LogP contribution is 2.29. The van der Waals surface area contributed by atoms with Crippen LogP contribution in [0.4, 0.5) is 0 Å². The van der Waals surface area contributed by atoms with Crippen LogP contribution in [-0.4, -0.2) is 37.5 Å². The highest BCUT2D eigenvalue weighted by Gasteiger charge is 2.26. The number of H-pyrrole nitrogens is 1. The number of amides is 1. The normalized spacial score (nSPS) is 13.6. The van der Waals surface area contributed by atoms with E-state index < -0.39 is 0 Å². The molecule has 1 aliphatic heterocycles. The van der Waals surface area contributed by atoms with E-state index in [-0.39, 0.29) is 5.91 Å². The molecule has 0 unspecified atom stereocenters. The number of nitrogens with one attached hydrogen (secondary N) is 1. The lowest BCUT2D eigenvalue weighted by molar-refractivity contribution is 0.0735. The number of rotatable bonds is 2. The second-order valence-corrected chi connectivity index (χ2v) is 6.63. The van der Waals surface area contributed by atoms with Gasteiger partial charge in [0.05, 0.1) is 16.7 Å². The Hall–Kier alpha value is -3.54. The third-order valence-electron chi connectivity index (χ3n) is 4.98. The molecule has 0 fully saturated rings. The van der Waals surface area contributed by atoms with E-state index in [0.717, 1.165) is 40.0 Å². The number of hydrogen-bond acceptors (Lipinski definition) is 4. The van der Waals surface area contributed by atoms with Crippen LogP contribution >= 0.6 is 0 Å². The molecule has 132 valence electrons. The first kappa shape index (κ1) is 15.7. The third kappa shape index (κ3) is 2.75. The highest BCUT2D eigenvalue weighted by atomic mass is 16.2. The molecule has 2 aromatic carbocycles. The molecule has 0 atom stereocenters. The Balaban J connectivity index is 1.46. The lowest BCUT2D eigenvalue weighted by Crippen LogP contribution is -2.35. The van der Waals surface area contributed by atoms with Gasteiger partial charge in [-0.2, -0.15) is 5.10 Å². The largest absolute Gasteiger partial charge is 0.334 e. The summed E-state index contributed by atoms with van der Waals surface area (Å²) in [4.78, 5) is 23.5. The van der Waals surface area contributed by atoms with Gasteiger partial charge in [-0.15, -0.1) is 0 Å². The van der Waals surface area contributed by atoms with E-state index in [4.69, 9.17) is 0 Å². The highest BCUT2D eigenvalue weighted by molar-refractivity contribution is 5.97. The van der Waals surface area contributed by atoms with Gasteiger partial charge in [-0.05, 0) is 18.2 Å². The van der Waals surface area contributed by atoms with E-state index in [2.05, 4.69) is 20.2 Å². The van der Waals surface area contributed by atoms with Gasteiger partial charge in [0.15, 0.2) is 0 Å². The van der Waals surface area contributed by atoms with Crippen LogP contribution in [0.1, 0.15) is 21.6 Å². The molecule has 3 heterocycles. The third-order valence-corrected chi connectivity index (χ3v) is 4.98. The number of carbonyl (C=O) groups excluding carboxylic acids is 1. The number of fused-ring (bicyclic) bond motifs is 2. The molecule has 1 aliphatic rings. The Morgan fingerprint density at radius 1 is 1.00 bits per heavy atom. The molecule has 0 aliphatic carbocycles. The maximum atomic E-state index is 13.1. The van der Waals surface area contributed by atoms with Crippen molar-refractivity contribution in [2.24, 2.45) is 0 Å². The SMILES string of the molecule is O=C(c1ccc2nccnc2c1)N1CCc2[nH]nc(-c3ccccc3)c2C1. The number of aromatic nitrogens is 4. The lowest BCUT2D eigenvalue weighted by Gasteiger charge is -2.27. The second-order valence-electron chi connectivity index (χ2n) is 6.63. The lowest BCUT2D eigenvalue weighted by atomic mass is 10.0. The van der Waals surface area contributed by atoms with Gasteiger partial charge >= 0.3 is 0 Å². The summed E-state index contributed by atoms with van der Waals surface area (Å²) in [7, 11) is 0. The molecule has 4 aromatic rings.